The number of anilines is 1. The second kappa shape index (κ2) is 8.09. The van der Waals surface area contributed by atoms with Gasteiger partial charge in [-0.3, -0.25) is 4.79 Å². The second-order valence-electron chi connectivity index (χ2n) is 8.40. The number of ether oxygens (including phenoxy) is 2. The fourth-order valence-electron chi connectivity index (χ4n) is 5.27. The van der Waals surface area contributed by atoms with Crippen molar-refractivity contribution in [1.29, 1.82) is 0 Å². The monoisotopic (exact) mass is 372 g/mol. The Morgan fingerprint density at radius 3 is 2.89 bits per heavy atom. The standard InChI is InChI=1S/C22H32N2O3/c1-14-21(18-13-17(26-2)9-10-19(18)23-14)15-6-5-7-16(12-15)24-22(25)20-8-3-4-11-27-20/h9-10,13-16,20-21,23H,3-8,11-12H2,1-2H3,(H,24,25)/t14?,15-,16+,20-,21?/m0/s1. The summed E-state index contributed by atoms with van der Waals surface area (Å²) in [5, 5.41) is 6.93. The number of hydrogen-bond donors (Lipinski definition) is 2. The summed E-state index contributed by atoms with van der Waals surface area (Å²) < 4.78 is 11.1. The normalized spacial score (nSPS) is 33.0. The van der Waals surface area contributed by atoms with E-state index < -0.39 is 0 Å². The van der Waals surface area contributed by atoms with E-state index in [-0.39, 0.29) is 18.1 Å². The van der Waals surface area contributed by atoms with E-state index in [9.17, 15) is 4.79 Å². The Labute approximate surface area is 162 Å². The van der Waals surface area contributed by atoms with Crippen molar-refractivity contribution in [3.63, 3.8) is 0 Å². The lowest BCUT2D eigenvalue weighted by Crippen LogP contribution is -2.46. The molecule has 1 saturated heterocycles. The van der Waals surface area contributed by atoms with E-state index in [0.717, 1.165) is 44.5 Å². The van der Waals surface area contributed by atoms with Crippen molar-refractivity contribution in [3.8, 4) is 5.75 Å². The fourth-order valence-corrected chi connectivity index (χ4v) is 5.27. The van der Waals surface area contributed by atoms with Gasteiger partial charge in [-0.05, 0) is 75.1 Å². The molecule has 1 aliphatic carbocycles. The van der Waals surface area contributed by atoms with Crippen LogP contribution in [0.25, 0.3) is 0 Å². The highest BCUT2D eigenvalue weighted by Gasteiger charge is 2.38. The van der Waals surface area contributed by atoms with Crippen LogP contribution in [0.1, 0.15) is 63.4 Å². The molecule has 0 radical (unpaired) electrons. The van der Waals surface area contributed by atoms with Gasteiger partial charge in [0.15, 0.2) is 0 Å². The highest BCUT2D eigenvalue weighted by atomic mass is 16.5. The zero-order valence-corrected chi connectivity index (χ0v) is 16.5. The van der Waals surface area contributed by atoms with Crippen LogP contribution in [0, 0.1) is 5.92 Å². The molecule has 2 unspecified atom stereocenters. The Hall–Kier alpha value is -1.75. The van der Waals surface area contributed by atoms with Crippen LogP contribution in [0.4, 0.5) is 5.69 Å². The molecule has 5 heteroatoms. The minimum Gasteiger partial charge on any atom is -0.497 e. The van der Waals surface area contributed by atoms with Crippen molar-refractivity contribution in [2.24, 2.45) is 5.92 Å². The van der Waals surface area contributed by atoms with Gasteiger partial charge in [-0.15, -0.1) is 0 Å². The van der Waals surface area contributed by atoms with Crippen molar-refractivity contribution in [3.05, 3.63) is 23.8 Å². The number of nitrogens with one attached hydrogen (secondary N) is 2. The molecular formula is C22H32N2O3. The lowest BCUT2D eigenvalue weighted by atomic mass is 9.73. The maximum absolute atomic E-state index is 12.6. The highest BCUT2D eigenvalue weighted by molar-refractivity contribution is 5.81. The van der Waals surface area contributed by atoms with Crippen molar-refractivity contribution >= 4 is 11.6 Å². The van der Waals surface area contributed by atoms with Gasteiger partial charge in [-0.2, -0.15) is 0 Å². The van der Waals surface area contributed by atoms with Crippen molar-refractivity contribution in [1.82, 2.24) is 5.32 Å². The van der Waals surface area contributed by atoms with Gasteiger partial charge >= 0.3 is 0 Å². The number of amides is 1. The minimum atomic E-state index is -0.240. The first-order valence-corrected chi connectivity index (χ1v) is 10.5. The summed E-state index contributed by atoms with van der Waals surface area (Å²) in [6.45, 7) is 2.99. The quantitative estimate of drug-likeness (QED) is 0.843. The highest BCUT2D eigenvalue weighted by Crippen LogP contribution is 2.46. The molecule has 2 N–H and O–H groups in total. The van der Waals surface area contributed by atoms with E-state index in [0.29, 0.717) is 17.9 Å². The van der Waals surface area contributed by atoms with Crippen molar-refractivity contribution in [2.75, 3.05) is 19.0 Å². The Kier molecular flexibility index (Phi) is 5.58. The summed E-state index contributed by atoms with van der Waals surface area (Å²) in [5.41, 5.74) is 2.60. The van der Waals surface area contributed by atoms with Gasteiger partial charge < -0.3 is 20.1 Å². The smallest absolute Gasteiger partial charge is 0.249 e. The number of carbonyl (C=O) groups is 1. The Morgan fingerprint density at radius 2 is 2.11 bits per heavy atom. The molecule has 148 valence electrons. The van der Waals surface area contributed by atoms with Gasteiger partial charge in [0.1, 0.15) is 11.9 Å². The zero-order chi connectivity index (χ0) is 18.8. The molecule has 3 aliphatic rings. The largest absolute Gasteiger partial charge is 0.497 e. The van der Waals surface area contributed by atoms with Crippen LogP contribution in [-0.4, -0.2) is 37.8 Å². The molecule has 2 aliphatic heterocycles. The number of methoxy groups -OCH3 is 1. The van der Waals surface area contributed by atoms with Gasteiger partial charge in [-0.1, -0.05) is 6.42 Å². The van der Waals surface area contributed by atoms with Crippen LogP contribution in [-0.2, 0) is 9.53 Å². The molecule has 27 heavy (non-hydrogen) atoms. The molecule has 0 spiro atoms. The van der Waals surface area contributed by atoms with E-state index in [1.165, 1.54) is 24.1 Å². The van der Waals surface area contributed by atoms with Crippen LogP contribution in [0.5, 0.6) is 5.75 Å². The van der Waals surface area contributed by atoms with E-state index in [2.05, 4.69) is 29.7 Å². The van der Waals surface area contributed by atoms with E-state index in [1.807, 2.05) is 6.07 Å². The SMILES string of the molecule is COc1ccc2c(c1)C([C@H]1CCC[C@@H](NC(=O)[C@@H]3CCCCO3)C1)C(C)N2. The third-order valence-electron chi connectivity index (χ3n) is 6.58. The molecule has 1 amide bonds. The molecule has 4 rings (SSSR count). The minimum absolute atomic E-state index is 0.0972. The zero-order valence-electron chi connectivity index (χ0n) is 16.5. The average molecular weight is 373 g/mol. The van der Waals surface area contributed by atoms with E-state index in [1.54, 1.807) is 7.11 Å². The number of hydrogen-bond acceptors (Lipinski definition) is 4. The topological polar surface area (TPSA) is 59.6 Å². The lowest BCUT2D eigenvalue weighted by Gasteiger charge is -2.36. The van der Waals surface area contributed by atoms with Crippen LogP contribution < -0.4 is 15.4 Å². The molecule has 1 aromatic rings. The number of rotatable bonds is 4. The molecule has 1 saturated carbocycles. The van der Waals surface area contributed by atoms with Crippen LogP contribution >= 0.6 is 0 Å². The summed E-state index contributed by atoms with van der Waals surface area (Å²) in [5.74, 6) is 2.07. The molecule has 1 aromatic carbocycles. The van der Waals surface area contributed by atoms with Gasteiger partial charge in [0.2, 0.25) is 5.91 Å². The molecule has 0 aromatic heterocycles. The molecule has 0 bridgehead atoms. The Balaban J connectivity index is 1.43. The van der Waals surface area contributed by atoms with Crippen molar-refractivity contribution < 1.29 is 14.3 Å². The predicted molar refractivity (Wildman–Crippen MR) is 106 cm³/mol. The lowest BCUT2D eigenvalue weighted by molar-refractivity contribution is -0.136. The van der Waals surface area contributed by atoms with Gasteiger partial charge in [0.25, 0.3) is 0 Å². The fraction of sp³-hybridized carbons (Fsp3) is 0.682. The predicted octanol–water partition coefficient (Wildman–Crippen LogP) is 3.84. The van der Waals surface area contributed by atoms with Gasteiger partial charge in [0, 0.05) is 30.3 Å². The molecule has 5 atom stereocenters. The first-order chi connectivity index (χ1) is 13.2. The van der Waals surface area contributed by atoms with Crippen LogP contribution in [0.15, 0.2) is 18.2 Å². The third-order valence-corrected chi connectivity index (χ3v) is 6.58. The average Bonchev–Trinajstić information content (AvgIpc) is 3.03. The first kappa shape index (κ1) is 18.6. The first-order valence-electron chi connectivity index (χ1n) is 10.5. The molecule has 2 fully saturated rings. The molecule has 5 nitrogen and oxygen atoms in total. The molecule has 2 heterocycles. The summed E-state index contributed by atoms with van der Waals surface area (Å²) >= 11 is 0. The maximum atomic E-state index is 12.6. The van der Waals surface area contributed by atoms with E-state index >= 15 is 0 Å². The summed E-state index contributed by atoms with van der Waals surface area (Å²) in [7, 11) is 1.72. The van der Waals surface area contributed by atoms with Gasteiger partial charge in [-0.25, -0.2) is 0 Å². The Morgan fingerprint density at radius 1 is 1.22 bits per heavy atom. The van der Waals surface area contributed by atoms with Crippen LogP contribution in [0.2, 0.25) is 0 Å². The van der Waals surface area contributed by atoms with Crippen LogP contribution in [0.3, 0.4) is 0 Å². The number of fused-ring (bicyclic) bond motifs is 1. The number of carbonyl (C=O) groups excluding carboxylic acids is 1. The maximum Gasteiger partial charge on any atom is 0.249 e. The second-order valence-corrected chi connectivity index (χ2v) is 8.40. The third kappa shape index (κ3) is 3.93. The van der Waals surface area contributed by atoms with E-state index in [4.69, 9.17) is 9.47 Å². The number of benzene rings is 1. The summed E-state index contributed by atoms with van der Waals surface area (Å²) in [6.07, 6.45) is 7.30. The van der Waals surface area contributed by atoms with Crippen molar-refractivity contribution in [2.45, 2.75) is 76.0 Å². The summed E-state index contributed by atoms with van der Waals surface area (Å²) in [6, 6.07) is 7.02. The summed E-state index contributed by atoms with van der Waals surface area (Å²) in [4.78, 5) is 12.6. The van der Waals surface area contributed by atoms with Gasteiger partial charge in [0.05, 0.1) is 7.11 Å². The molecular weight excluding hydrogens is 340 g/mol. The Bertz CT molecular complexity index is 672.